The van der Waals surface area contributed by atoms with E-state index in [1.807, 2.05) is 14.0 Å². The molecule has 2 amide bonds. The van der Waals surface area contributed by atoms with Crippen LogP contribution in [-0.4, -0.2) is 65.7 Å². The van der Waals surface area contributed by atoms with Gasteiger partial charge in [-0.1, -0.05) is 6.08 Å². The highest BCUT2D eigenvalue weighted by molar-refractivity contribution is 5.82. The number of piperazine rings is 1. The minimum Gasteiger partial charge on any atom is -0.480 e. The smallest absolute Gasteiger partial charge is 0.326 e. The molecule has 0 bridgehead atoms. The zero-order chi connectivity index (χ0) is 13.7. The maximum Gasteiger partial charge on any atom is 0.326 e. The number of likely N-dealkylation sites (N-methyl/N-ethyl adjacent to an activating group) is 1. The van der Waals surface area contributed by atoms with Crippen LogP contribution in [0.1, 0.15) is 13.3 Å². The summed E-state index contributed by atoms with van der Waals surface area (Å²) in [6, 6.07) is -1.13. The van der Waals surface area contributed by atoms with E-state index < -0.39 is 12.0 Å². The molecule has 1 saturated heterocycles. The number of amides is 2. The number of carbonyl (C=O) groups is 2. The fraction of sp³-hybridized carbons (Fsp3) is 0.667. The highest BCUT2D eigenvalue weighted by Crippen LogP contribution is 2.08. The Hall–Kier alpha value is -1.56. The molecule has 1 aliphatic rings. The molecule has 2 unspecified atom stereocenters. The average Bonchev–Trinajstić information content (AvgIpc) is 2.27. The van der Waals surface area contributed by atoms with Crippen molar-refractivity contribution in [3.8, 4) is 0 Å². The van der Waals surface area contributed by atoms with Crippen molar-refractivity contribution in [3.05, 3.63) is 12.7 Å². The molecule has 6 heteroatoms. The van der Waals surface area contributed by atoms with E-state index in [1.54, 1.807) is 4.90 Å². The van der Waals surface area contributed by atoms with Gasteiger partial charge in [0.25, 0.3) is 0 Å². The first-order chi connectivity index (χ1) is 8.45. The zero-order valence-corrected chi connectivity index (χ0v) is 10.9. The molecule has 0 spiro atoms. The van der Waals surface area contributed by atoms with Crippen molar-refractivity contribution >= 4 is 12.0 Å². The number of nitrogens with zero attached hydrogens (tertiary/aromatic N) is 2. The van der Waals surface area contributed by atoms with Crippen LogP contribution in [0.25, 0.3) is 0 Å². The topological polar surface area (TPSA) is 72.9 Å². The van der Waals surface area contributed by atoms with E-state index in [0.29, 0.717) is 6.54 Å². The molecular formula is C12H21N3O3. The summed E-state index contributed by atoms with van der Waals surface area (Å²) in [5, 5.41) is 11.5. The summed E-state index contributed by atoms with van der Waals surface area (Å²) < 4.78 is 0. The minimum atomic E-state index is -1.04. The number of carbonyl (C=O) groups excluding carboxylic acids is 1. The van der Waals surface area contributed by atoms with Crippen molar-refractivity contribution in [2.24, 2.45) is 0 Å². The van der Waals surface area contributed by atoms with Gasteiger partial charge in [-0.2, -0.15) is 0 Å². The third kappa shape index (κ3) is 3.73. The predicted octanol–water partition coefficient (Wildman–Crippen LogP) is 0.361. The van der Waals surface area contributed by atoms with Crippen LogP contribution in [0.3, 0.4) is 0 Å². The number of nitrogens with one attached hydrogen (secondary N) is 1. The highest BCUT2D eigenvalue weighted by Gasteiger charge is 2.28. The lowest BCUT2D eigenvalue weighted by Gasteiger charge is -2.38. The van der Waals surface area contributed by atoms with Crippen LogP contribution in [0, 0.1) is 0 Å². The molecule has 2 atom stereocenters. The Morgan fingerprint density at radius 3 is 2.72 bits per heavy atom. The van der Waals surface area contributed by atoms with E-state index >= 15 is 0 Å². The molecular weight excluding hydrogens is 234 g/mol. The Morgan fingerprint density at radius 1 is 1.56 bits per heavy atom. The van der Waals surface area contributed by atoms with Gasteiger partial charge in [0.05, 0.1) is 0 Å². The molecule has 1 heterocycles. The molecule has 0 aromatic heterocycles. The molecule has 0 aromatic carbocycles. The van der Waals surface area contributed by atoms with Crippen LogP contribution in [0.5, 0.6) is 0 Å². The van der Waals surface area contributed by atoms with Crippen molar-refractivity contribution in [1.82, 2.24) is 15.1 Å². The second-order valence-corrected chi connectivity index (χ2v) is 4.67. The summed E-state index contributed by atoms with van der Waals surface area (Å²) in [4.78, 5) is 26.8. The highest BCUT2D eigenvalue weighted by atomic mass is 16.4. The van der Waals surface area contributed by atoms with Gasteiger partial charge >= 0.3 is 12.0 Å². The van der Waals surface area contributed by atoms with Gasteiger partial charge in [0, 0.05) is 25.7 Å². The van der Waals surface area contributed by atoms with E-state index in [1.165, 1.54) is 6.08 Å². The Kier molecular flexibility index (Phi) is 5.15. The van der Waals surface area contributed by atoms with Crippen molar-refractivity contribution in [2.75, 3.05) is 26.7 Å². The molecule has 1 fully saturated rings. The molecule has 1 aliphatic heterocycles. The number of aliphatic carboxylic acids is 1. The number of hydrogen-bond acceptors (Lipinski definition) is 3. The van der Waals surface area contributed by atoms with Gasteiger partial charge in [0.1, 0.15) is 6.04 Å². The third-order valence-corrected chi connectivity index (χ3v) is 3.09. The van der Waals surface area contributed by atoms with E-state index in [4.69, 9.17) is 5.11 Å². The van der Waals surface area contributed by atoms with Crippen LogP contribution in [0.15, 0.2) is 12.7 Å². The summed E-state index contributed by atoms with van der Waals surface area (Å²) in [6.07, 6.45) is 1.72. The SMILES string of the molecule is C=CCC(NC(=O)N1CCN(C)CC1C)C(=O)O. The zero-order valence-electron chi connectivity index (χ0n) is 10.9. The third-order valence-electron chi connectivity index (χ3n) is 3.09. The number of carboxylic acids is 1. The van der Waals surface area contributed by atoms with Crippen LogP contribution >= 0.6 is 0 Å². The Labute approximate surface area is 107 Å². The quantitative estimate of drug-likeness (QED) is 0.711. The van der Waals surface area contributed by atoms with Crippen LogP contribution in [0.4, 0.5) is 4.79 Å². The fourth-order valence-corrected chi connectivity index (χ4v) is 2.06. The van der Waals surface area contributed by atoms with E-state index in [0.717, 1.165) is 13.1 Å². The molecule has 18 heavy (non-hydrogen) atoms. The lowest BCUT2D eigenvalue weighted by molar-refractivity contribution is -0.139. The Bertz CT molecular complexity index is 333. The van der Waals surface area contributed by atoms with Gasteiger partial charge in [-0.15, -0.1) is 6.58 Å². The largest absolute Gasteiger partial charge is 0.480 e. The summed E-state index contributed by atoms with van der Waals surface area (Å²) >= 11 is 0. The van der Waals surface area contributed by atoms with Gasteiger partial charge in [0.15, 0.2) is 0 Å². The fourth-order valence-electron chi connectivity index (χ4n) is 2.06. The van der Waals surface area contributed by atoms with E-state index in [9.17, 15) is 9.59 Å². The van der Waals surface area contributed by atoms with Gasteiger partial charge in [-0.05, 0) is 20.4 Å². The summed E-state index contributed by atoms with van der Waals surface area (Å²) in [5.41, 5.74) is 0. The number of carboxylic acid groups (broad SMARTS) is 1. The Balaban J connectivity index is 2.58. The standard InChI is InChI=1S/C12H21N3O3/c1-4-5-10(11(16)17)13-12(18)15-7-6-14(3)8-9(15)2/h4,9-10H,1,5-8H2,2-3H3,(H,13,18)(H,16,17). The van der Waals surface area contributed by atoms with Crippen LogP contribution < -0.4 is 5.32 Å². The second kappa shape index (κ2) is 6.39. The summed E-state index contributed by atoms with van der Waals surface area (Å²) in [6.45, 7) is 7.67. The Morgan fingerprint density at radius 2 is 2.22 bits per heavy atom. The second-order valence-electron chi connectivity index (χ2n) is 4.67. The maximum absolute atomic E-state index is 12.0. The summed E-state index contributed by atoms with van der Waals surface area (Å²) in [5.74, 6) is -1.04. The van der Waals surface area contributed by atoms with Gasteiger partial charge in [0.2, 0.25) is 0 Å². The van der Waals surface area contributed by atoms with Crippen molar-refractivity contribution in [2.45, 2.75) is 25.4 Å². The normalized spacial score (nSPS) is 22.3. The molecule has 0 aliphatic carbocycles. The van der Waals surface area contributed by atoms with Crippen molar-refractivity contribution in [3.63, 3.8) is 0 Å². The van der Waals surface area contributed by atoms with Gasteiger partial charge < -0.3 is 20.2 Å². The first kappa shape index (κ1) is 14.5. The van der Waals surface area contributed by atoms with E-state index in [2.05, 4.69) is 16.8 Å². The molecule has 0 radical (unpaired) electrons. The molecule has 102 valence electrons. The first-order valence-electron chi connectivity index (χ1n) is 6.05. The van der Waals surface area contributed by atoms with E-state index in [-0.39, 0.29) is 18.5 Å². The molecule has 2 N–H and O–H groups in total. The molecule has 1 rings (SSSR count). The predicted molar refractivity (Wildman–Crippen MR) is 68.4 cm³/mol. The van der Waals surface area contributed by atoms with Crippen LogP contribution in [0.2, 0.25) is 0 Å². The summed E-state index contributed by atoms with van der Waals surface area (Å²) in [7, 11) is 2.00. The first-order valence-corrected chi connectivity index (χ1v) is 6.05. The maximum atomic E-state index is 12.0. The molecule has 0 aromatic rings. The monoisotopic (exact) mass is 255 g/mol. The molecule has 0 saturated carbocycles. The van der Waals surface area contributed by atoms with Crippen molar-refractivity contribution in [1.29, 1.82) is 0 Å². The van der Waals surface area contributed by atoms with Crippen LogP contribution in [-0.2, 0) is 4.79 Å². The lowest BCUT2D eigenvalue weighted by atomic mass is 10.2. The minimum absolute atomic E-state index is 0.0851. The van der Waals surface area contributed by atoms with Crippen molar-refractivity contribution < 1.29 is 14.7 Å². The van der Waals surface area contributed by atoms with Gasteiger partial charge in [-0.25, -0.2) is 9.59 Å². The number of hydrogen-bond donors (Lipinski definition) is 2. The number of rotatable bonds is 4. The number of urea groups is 1. The average molecular weight is 255 g/mol. The van der Waals surface area contributed by atoms with Gasteiger partial charge in [-0.3, -0.25) is 0 Å². The lowest BCUT2D eigenvalue weighted by Crippen LogP contribution is -2.57. The molecule has 6 nitrogen and oxygen atoms in total.